The second-order valence-corrected chi connectivity index (χ2v) is 7.94. The van der Waals surface area contributed by atoms with Crippen LogP contribution in [-0.2, 0) is 4.79 Å². The van der Waals surface area contributed by atoms with Crippen LogP contribution in [0.25, 0.3) is 0 Å². The number of rotatable bonds is 4. The number of nitrogens with one attached hydrogen (secondary N) is 1. The minimum absolute atomic E-state index is 0.0703. The molecule has 6 nitrogen and oxygen atoms in total. The predicted molar refractivity (Wildman–Crippen MR) is 100 cm³/mol. The number of benzene rings is 1. The number of nitrogens with zero attached hydrogens (tertiary/aromatic N) is 2. The molecule has 0 saturated carbocycles. The van der Waals surface area contributed by atoms with Crippen molar-refractivity contribution in [3.63, 3.8) is 0 Å². The lowest BCUT2D eigenvalue weighted by Gasteiger charge is -2.41. The fraction of sp³-hybridized carbons (Fsp3) is 0.600. The third kappa shape index (κ3) is 4.18. The Bertz CT molecular complexity index is 666. The molecule has 1 spiro atoms. The summed E-state index contributed by atoms with van der Waals surface area (Å²) in [6.07, 6.45) is 1.68. The van der Waals surface area contributed by atoms with Crippen LogP contribution in [-0.4, -0.2) is 67.0 Å². The first-order valence-corrected chi connectivity index (χ1v) is 9.41. The predicted octanol–water partition coefficient (Wildman–Crippen LogP) is 1.76. The molecule has 1 N–H and O–H groups in total. The highest BCUT2D eigenvalue weighted by Gasteiger charge is 2.42. The maximum Gasteiger partial charge on any atom is 0.258 e. The normalized spacial score (nSPS) is 19.8. The van der Waals surface area contributed by atoms with Gasteiger partial charge in [-0.05, 0) is 25.1 Å². The second-order valence-electron chi connectivity index (χ2n) is 7.94. The van der Waals surface area contributed by atoms with Crippen molar-refractivity contribution in [2.75, 3.05) is 39.8 Å². The first-order chi connectivity index (χ1) is 12.4. The van der Waals surface area contributed by atoms with Gasteiger partial charge in [-0.15, -0.1) is 0 Å². The summed E-state index contributed by atoms with van der Waals surface area (Å²) in [6, 6.07) is 7.36. The summed E-state index contributed by atoms with van der Waals surface area (Å²) < 4.78 is 6.39. The van der Waals surface area contributed by atoms with Gasteiger partial charge in [-0.3, -0.25) is 9.59 Å². The monoisotopic (exact) mass is 359 g/mol. The highest BCUT2D eigenvalue weighted by atomic mass is 16.5. The molecule has 0 aromatic heterocycles. The third-order valence-corrected chi connectivity index (χ3v) is 5.15. The van der Waals surface area contributed by atoms with Gasteiger partial charge < -0.3 is 19.9 Å². The van der Waals surface area contributed by atoms with Crippen molar-refractivity contribution in [3.8, 4) is 5.75 Å². The number of amides is 2. The van der Waals surface area contributed by atoms with Crippen LogP contribution in [0.15, 0.2) is 24.3 Å². The van der Waals surface area contributed by atoms with Gasteiger partial charge in [0.25, 0.3) is 5.91 Å². The van der Waals surface area contributed by atoms with E-state index in [1.807, 2.05) is 18.2 Å². The topological polar surface area (TPSA) is 61.9 Å². The molecule has 142 valence electrons. The van der Waals surface area contributed by atoms with E-state index in [1.165, 1.54) is 0 Å². The van der Waals surface area contributed by atoms with Crippen LogP contribution in [0.2, 0.25) is 0 Å². The second kappa shape index (κ2) is 7.66. The summed E-state index contributed by atoms with van der Waals surface area (Å²) in [5.41, 5.74) is 0.118. The van der Waals surface area contributed by atoms with Crippen LogP contribution in [0, 0.1) is 5.92 Å². The van der Waals surface area contributed by atoms with Gasteiger partial charge in [-0.1, -0.05) is 26.0 Å². The number of hydrogen-bond acceptors (Lipinski definition) is 4. The van der Waals surface area contributed by atoms with Gasteiger partial charge in [0.05, 0.1) is 18.7 Å². The van der Waals surface area contributed by atoms with Crippen molar-refractivity contribution in [1.29, 1.82) is 0 Å². The van der Waals surface area contributed by atoms with Crippen LogP contribution in [0.4, 0.5) is 0 Å². The molecule has 0 radical (unpaired) electrons. The van der Waals surface area contributed by atoms with Crippen molar-refractivity contribution in [2.45, 2.75) is 32.3 Å². The number of fused-ring (bicyclic) bond motifs is 1. The summed E-state index contributed by atoms with van der Waals surface area (Å²) >= 11 is 0. The van der Waals surface area contributed by atoms with Gasteiger partial charge in [0.1, 0.15) is 11.4 Å². The number of para-hydroxylation sites is 1. The molecule has 2 aliphatic heterocycles. The smallest absolute Gasteiger partial charge is 0.258 e. The standard InChI is InChI=1S/C20H29N3O3/c1-15(2)12-21-18(24)13-23-14-20(8-10-22(3)11-9-20)26-17-7-5-4-6-16(17)19(23)25/h4-7,15H,8-14H2,1-3H3,(H,21,24). The van der Waals surface area contributed by atoms with E-state index in [2.05, 4.69) is 31.1 Å². The molecule has 1 saturated heterocycles. The molecule has 1 aromatic rings. The summed E-state index contributed by atoms with van der Waals surface area (Å²) in [6.45, 7) is 7.08. The Kier molecular flexibility index (Phi) is 5.51. The van der Waals surface area contributed by atoms with Gasteiger partial charge in [-0.25, -0.2) is 0 Å². The third-order valence-electron chi connectivity index (χ3n) is 5.15. The molecule has 0 aliphatic carbocycles. The van der Waals surface area contributed by atoms with Crippen molar-refractivity contribution in [1.82, 2.24) is 15.1 Å². The zero-order valence-electron chi connectivity index (χ0n) is 16.0. The molecular formula is C20H29N3O3. The zero-order chi connectivity index (χ0) is 18.7. The first-order valence-electron chi connectivity index (χ1n) is 9.41. The number of carbonyl (C=O) groups is 2. The Balaban J connectivity index is 1.83. The van der Waals surface area contributed by atoms with E-state index < -0.39 is 5.60 Å². The Hall–Kier alpha value is -2.08. The number of ether oxygens (including phenoxy) is 1. The van der Waals surface area contributed by atoms with Crippen molar-refractivity contribution < 1.29 is 14.3 Å². The van der Waals surface area contributed by atoms with E-state index in [-0.39, 0.29) is 18.4 Å². The molecule has 1 fully saturated rings. The maximum atomic E-state index is 13.1. The molecule has 2 heterocycles. The summed E-state index contributed by atoms with van der Waals surface area (Å²) in [5.74, 6) is 0.765. The summed E-state index contributed by atoms with van der Waals surface area (Å²) in [7, 11) is 2.10. The quantitative estimate of drug-likeness (QED) is 0.890. The molecule has 0 unspecified atom stereocenters. The van der Waals surface area contributed by atoms with Gasteiger partial charge in [-0.2, -0.15) is 0 Å². The molecule has 0 atom stereocenters. The number of piperidine rings is 1. The van der Waals surface area contributed by atoms with Gasteiger partial charge in [0.2, 0.25) is 5.91 Å². The highest BCUT2D eigenvalue weighted by molar-refractivity contribution is 5.99. The molecule has 26 heavy (non-hydrogen) atoms. The molecular weight excluding hydrogens is 330 g/mol. The molecule has 2 aliphatic rings. The Labute approximate surface area is 155 Å². The fourth-order valence-electron chi connectivity index (χ4n) is 3.55. The maximum absolute atomic E-state index is 13.1. The Morgan fingerprint density at radius 1 is 1.27 bits per heavy atom. The van der Waals surface area contributed by atoms with Crippen LogP contribution in [0.3, 0.4) is 0 Å². The molecule has 0 bridgehead atoms. The van der Waals surface area contributed by atoms with E-state index >= 15 is 0 Å². The van der Waals surface area contributed by atoms with Crippen molar-refractivity contribution in [2.24, 2.45) is 5.92 Å². The Morgan fingerprint density at radius 2 is 1.96 bits per heavy atom. The number of carbonyl (C=O) groups excluding carboxylic acids is 2. The Morgan fingerprint density at radius 3 is 2.65 bits per heavy atom. The van der Waals surface area contributed by atoms with Crippen LogP contribution in [0.1, 0.15) is 37.0 Å². The molecule has 1 aromatic carbocycles. The average Bonchev–Trinajstić information content (AvgIpc) is 2.72. The highest BCUT2D eigenvalue weighted by Crippen LogP contribution is 2.35. The fourth-order valence-corrected chi connectivity index (χ4v) is 3.55. The molecule has 2 amide bonds. The van der Waals surface area contributed by atoms with E-state index in [0.717, 1.165) is 25.9 Å². The molecule has 6 heteroatoms. The van der Waals surface area contributed by atoms with E-state index in [0.29, 0.717) is 30.3 Å². The van der Waals surface area contributed by atoms with Gasteiger partial charge in [0, 0.05) is 32.5 Å². The van der Waals surface area contributed by atoms with Crippen LogP contribution < -0.4 is 10.1 Å². The SMILES string of the molecule is CC(C)CNC(=O)CN1CC2(CCN(C)CC2)Oc2ccccc2C1=O. The lowest BCUT2D eigenvalue weighted by Crippen LogP contribution is -2.54. The van der Waals surface area contributed by atoms with E-state index in [4.69, 9.17) is 4.74 Å². The summed E-state index contributed by atoms with van der Waals surface area (Å²) in [5, 5.41) is 2.91. The average molecular weight is 359 g/mol. The van der Waals surface area contributed by atoms with E-state index in [1.54, 1.807) is 11.0 Å². The van der Waals surface area contributed by atoms with E-state index in [9.17, 15) is 9.59 Å². The zero-order valence-corrected chi connectivity index (χ0v) is 16.0. The number of likely N-dealkylation sites (tertiary alicyclic amines) is 1. The largest absolute Gasteiger partial charge is 0.484 e. The minimum Gasteiger partial charge on any atom is -0.484 e. The van der Waals surface area contributed by atoms with Crippen LogP contribution in [0.5, 0.6) is 5.75 Å². The van der Waals surface area contributed by atoms with Crippen molar-refractivity contribution >= 4 is 11.8 Å². The molecule has 3 rings (SSSR count). The van der Waals surface area contributed by atoms with Gasteiger partial charge >= 0.3 is 0 Å². The lowest BCUT2D eigenvalue weighted by molar-refractivity contribution is -0.122. The lowest BCUT2D eigenvalue weighted by atomic mass is 9.90. The first kappa shape index (κ1) is 18.7. The van der Waals surface area contributed by atoms with Crippen LogP contribution >= 0.6 is 0 Å². The van der Waals surface area contributed by atoms with Gasteiger partial charge in [0.15, 0.2) is 0 Å². The minimum atomic E-state index is -0.424. The number of hydrogen-bond donors (Lipinski definition) is 1. The van der Waals surface area contributed by atoms with Crippen molar-refractivity contribution in [3.05, 3.63) is 29.8 Å². The summed E-state index contributed by atoms with van der Waals surface area (Å²) in [4.78, 5) is 29.3.